The monoisotopic (exact) mass is 270 g/mol. The SMILES string of the molecule is CCc1nnsc1C(=O)N1CCNCC1C(=O)O. The van der Waals surface area contributed by atoms with E-state index in [1.54, 1.807) is 0 Å². The topological polar surface area (TPSA) is 95.4 Å². The number of piperazine rings is 1. The molecule has 7 nitrogen and oxygen atoms in total. The van der Waals surface area contributed by atoms with Crippen molar-refractivity contribution in [1.29, 1.82) is 0 Å². The fourth-order valence-electron chi connectivity index (χ4n) is 1.90. The molecule has 1 amide bonds. The zero-order valence-electron chi connectivity index (χ0n) is 9.92. The second-order valence-electron chi connectivity index (χ2n) is 3.96. The molecule has 0 aromatic carbocycles. The van der Waals surface area contributed by atoms with Gasteiger partial charge in [0.2, 0.25) is 0 Å². The van der Waals surface area contributed by atoms with Crippen LogP contribution in [0.15, 0.2) is 0 Å². The molecule has 1 atom stereocenters. The predicted octanol–water partition coefficient (Wildman–Crippen LogP) is -0.401. The highest BCUT2D eigenvalue weighted by molar-refractivity contribution is 7.08. The van der Waals surface area contributed by atoms with Crippen LogP contribution in [-0.4, -0.2) is 57.1 Å². The standard InChI is InChI=1S/C10H14N4O3S/c1-2-6-8(18-13-12-6)9(15)14-4-3-11-5-7(14)10(16)17/h7,11H,2-5H2,1H3,(H,16,17). The normalized spacial score (nSPS) is 19.8. The van der Waals surface area contributed by atoms with Crippen molar-refractivity contribution in [2.24, 2.45) is 0 Å². The molecule has 18 heavy (non-hydrogen) atoms. The number of aryl methyl sites for hydroxylation is 1. The highest BCUT2D eigenvalue weighted by Gasteiger charge is 2.34. The molecule has 1 aromatic heterocycles. The van der Waals surface area contributed by atoms with E-state index in [0.29, 0.717) is 30.1 Å². The molecule has 2 N–H and O–H groups in total. The Kier molecular flexibility index (Phi) is 3.87. The molecule has 0 saturated carbocycles. The van der Waals surface area contributed by atoms with Crippen molar-refractivity contribution in [3.05, 3.63) is 10.6 Å². The van der Waals surface area contributed by atoms with Crippen molar-refractivity contribution in [3.63, 3.8) is 0 Å². The lowest BCUT2D eigenvalue weighted by Crippen LogP contribution is -2.56. The minimum absolute atomic E-state index is 0.273. The van der Waals surface area contributed by atoms with Gasteiger partial charge >= 0.3 is 5.97 Å². The summed E-state index contributed by atoms with van der Waals surface area (Å²) in [4.78, 5) is 25.3. The maximum Gasteiger partial charge on any atom is 0.327 e. The second-order valence-corrected chi connectivity index (χ2v) is 4.71. The first-order valence-electron chi connectivity index (χ1n) is 5.70. The zero-order chi connectivity index (χ0) is 13.1. The minimum atomic E-state index is -0.994. The Bertz CT molecular complexity index is 462. The first kappa shape index (κ1) is 12.9. The third-order valence-corrected chi connectivity index (χ3v) is 3.63. The van der Waals surface area contributed by atoms with E-state index in [0.717, 1.165) is 11.5 Å². The van der Waals surface area contributed by atoms with Gasteiger partial charge in [-0.1, -0.05) is 11.4 Å². The van der Waals surface area contributed by atoms with E-state index in [1.165, 1.54) is 4.90 Å². The molecule has 2 rings (SSSR count). The van der Waals surface area contributed by atoms with E-state index in [9.17, 15) is 9.59 Å². The summed E-state index contributed by atoms with van der Waals surface area (Å²) >= 11 is 1.02. The highest BCUT2D eigenvalue weighted by atomic mass is 32.1. The van der Waals surface area contributed by atoms with Crippen LogP contribution >= 0.6 is 11.5 Å². The highest BCUT2D eigenvalue weighted by Crippen LogP contribution is 2.17. The molecule has 98 valence electrons. The van der Waals surface area contributed by atoms with Crippen LogP contribution in [0.5, 0.6) is 0 Å². The number of rotatable bonds is 3. The van der Waals surface area contributed by atoms with Gasteiger partial charge in [-0.15, -0.1) is 5.10 Å². The summed E-state index contributed by atoms with van der Waals surface area (Å²) < 4.78 is 3.76. The quantitative estimate of drug-likeness (QED) is 0.776. The minimum Gasteiger partial charge on any atom is -0.480 e. The largest absolute Gasteiger partial charge is 0.480 e. The molecule has 0 aliphatic carbocycles. The Morgan fingerprint density at radius 2 is 2.39 bits per heavy atom. The van der Waals surface area contributed by atoms with E-state index in [2.05, 4.69) is 14.9 Å². The van der Waals surface area contributed by atoms with Crippen LogP contribution in [0.2, 0.25) is 0 Å². The zero-order valence-corrected chi connectivity index (χ0v) is 10.7. The number of carbonyl (C=O) groups excluding carboxylic acids is 1. The number of carbonyl (C=O) groups is 2. The third-order valence-electron chi connectivity index (χ3n) is 2.87. The summed E-state index contributed by atoms with van der Waals surface area (Å²) in [6.07, 6.45) is 0.613. The van der Waals surface area contributed by atoms with Gasteiger partial charge in [-0.25, -0.2) is 4.79 Å². The number of hydrogen-bond donors (Lipinski definition) is 2. The van der Waals surface area contributed by atoms with Gasteiger partial charge in [0.15, 0.2) is 0 Å². The fourth-order valence-corrected chi connectivity index (χ4v) is 2.61. The van der Waals surface area contributed by atoms with Gasteiger partial charge in [0.05, 0.1) is 5.69 Å². The molecule has 0 radical (unpaired) electrons. The van der Waals surface area contributed by atoms with Gasteiger partial charge in [0, 0.05) is 19.6 Å². The van der Waals surface area contributed by atoms with Crippen LogP contribution < -0.4 is 5.32 Å². The van der Waals surface area contributed by atoms with E-state index >= 15 is 0 Å². The summed E-state index contributed by atoms with van der Waals surface area (Å²) in [5.74, 6) is -1.28. The second kappa shape index (κ2) is 5.40. The van der Waals surface area contributed by atoms with E-state index in [-0.39, 0.29) is 12.5 Å². The summed E-state index contributed by atoms with van der Waals surface area (Å²) in [5, 5.41) is 16.0. The molecular weight excluding hydrogens is 256 g/mol. The number of aromatic nitrogens is 2. The van der Waals surface area contributed by atoms with Crippen LogP contribution in [0.25, 0.3) is 0 Å². The van der Waals surface area contributed by atoms with Gasteiger partial charge in [-0.2, -0.15) is 0 Å². The van der Waals surface area contributed by atoms with Crippen LogP contribution in [0.1, 0.15) is 22.3 Å². The number of carboxylic acids is 1. The van der Waals surface area contributed by atoms with E-state index in [4.69, 9.17) is 5.11 Å². The summed E-state index contributed by atoms with van der Waals surface area (Å²) in [7, 11) is 0. The Labute approximate surface area is 108 Å². The van der Waals surface area contributed by atoms with Gasteiger partial charge in [-0.05, 0) is 18.0 Å². The molecule has 0 spiro atoms. The Morgan fingerprint density at radius 3 is 3.06 bits per heavy atom. The van der Waals surface area contributed by atoms with Crippen molar-refractivity contribution in [1.82, 2.24) is 19.8 Å². The average molecular weight is 270 g/mol. The number of aliphatic carboxylic acids is 1. The lowest BCUT2D eigenvalue weighted by atomic mass is 10.1. The first-order chi connectivity index (χ1) is 8.65. The Morgan fingerprint density at radius 1 is 1.61 bits per heavy atom. The maximum atomic E-state index is 12.3. The predicted molar refractivity (Wildman–Crippen MR) is 64.6 cm³/mol. The first-order valence-corrected chi connectivity index (χ1v) is 6.48. The molecule has 1 saturated heterocycles. The number of nitrogens with one attached hydrogen (secondary N) is 1. The fraction of sp³-hybridized carbons (Fsp3) is 0.600. The number of hydrogen-bond acceptors (Lipinski definition) is 6. The smallest absolute Gasteiger partial charge is 0.327 e. The Hall–Kier alpha value is -1.54. The van der Waals surface area contributed by atoms with Crippen molar-refractivity contribution < 1.29 is 14.7 Å². The molecule has 1 fully saturated rings. The third kappa shape index (κ3) is 2.34. The van der Waals surface area contributed by atoms with Crippen molar-refractivity contribution in [2.45, 2.75) is 19.4 Å². The van der Waals surface area contributed by atoms with Crippen LogP contribution in [-0.2, 0) is 11.2 Å². The van der Waals surface area contributed by atoms with E-state index in [1.807, 2.05) is 6.92 Å². The van der Waals surface area contributed by atoms with Crippen LogP contribution in [0.3, 0.4) is 0 Å². The van der Waals surface area contributed by atoms with Crippen LogP contribution in [0, 0.1) is 0 Å². The lowest BCUT2D eigenvalue weighted by molar-refractivity contribution is -0.142. The lowest BCUT2D eigenvalue weighted by Gasteiger charge is -2.33. The molecule has 1 aromatic rings. The molecule has 1 aliphatic rings. The molecule has 1 unspecified atom stereocenters. The molecule has 8 heteroatoms. The van der Waals surface area contributed by atoms with Gasteiger partial charge in [0.25, 0.3) is 5.91 Å². The summed E-state index contributed by atoms with van der Waals surface area (Å²) in [6, 6.07) is -0.821. The van der Waals surface area contributed by atoms with Gasteiger partial charge in [-0.3, -0.25) is 4.79 Å². The van der Waals surface area contributed by atoms with Crippen LogP contribution in [0.4, 0.5) is 0 Å². The van der Waals surface area contributed by atoms with Crippen molar-refractivity contribution in [3.8, 4) is 0 Å². The van der Waals surface area contributed by atoms with Gasteiger partial charge < -0.3 is 15.3 Å². The molecular formula is C10H14N4O3S. The Balaban J connectivity index is 2.23. The van der Waals surface area contributed by atoms with Crippen molar-refractivity contribution >= 4 is 23.4 Å². The average Bonchev–Trinajstić information content (AvgIpc) is 2.86. The molecule has 1 aliphatic heterocycles. The van der Waals surface area contributed by atoms with Crippen molar-refractivity contribution in [2.75, 3.05) is 19.6 Å². The molecule has 0 bridgehead atoms. The summed E-state index contributed by atoms with van der Waals surface area (Å²) in [5.41, 5.74) is 0.632. The molecule has 2 heterocycles. The summed E-state index contributed by atoms with van der Waals surface area (Å²) in [6.45, 7) is 3.15. The number of nitrogens with zero attached hydrogens (tertiary/aromatic N) is 3. The number of carboxylic acid groups (broad SMARTS) is 1. The van der Waals surface area contributed by atoms with E-state index < -0.39 is 12.0 Å². The number of amides is 1. The maximum absolute atomic E-state index is 12.3. The van der Waals surface area contributed by atoms with Gasteiger partial charge in [0.1, 0.15) is 10.9 Å².